The minimum atomic E-state index is -0.647. The van der Waals surface area contributed by atoms with Crippen LogP contribution in [-0.2, 0) is 0 Å². The van der Waals surface area contributed by atoms with Gasteiger partial charge in [-0.2, -0.15) is 0 Å². The van der Waals surface area contributed by atoms with E-state index in [0.717, 1.165) is 0 Å². The molecular formula is C42H66P4. The molecule has 0 aliphatic carbocycles. The van der Waals surface area contributed by atoms with Crippen LogP contribution in [0.15, 0.2) is 72.8 Å². The molecule has 0 radical (unpaired) electrons. The van der Waals surface area contributed by atoms with Crippen molar-refractivity contribution in [2.45, 2.75) is 119 Å². The molecule has 3 aromatic carbocycles. The summed E-state index contributed by atoms with van der Waals surface area (Å²) in [5, 5.41) is 10.3. The van der Waals surface area contributed by atoms with E-state index in [1.54, 1.807) is 31.8 Å². The van der Waals surface area contributed by atoms with Crippen molar-refractivity contribution in [2.24, 2.45) is 0 Å². The topological polar surface area (TPSA) is 0 Å². The maximum Gasteiger partial charge on any atom is -0.00738 e. The smallest absolute Gasteiger partial charge is 0.00738 e. The van der Waals surface area contributed by atoms with Gasteiger partial charge in [-0.25, -0.2) is 0 Å². The Bertz CT molecular complexity index is 1050. The standard InChI is InChI=1S/C42H66P4/c1-7-13-31-43(32-14-8-2)37-25-19-22-28-40(37)46(41-29-23-20-26-38(41)44(33-15-9-3)34-16-10-4)42-30-24-21-27-39(42)45(35-17-11-5)36-18-12-6/h19-30H,7-18,31-36H2,1-6H3. The second kappa shape index (κ2) is 23.7. The number of rotatable bonds is 24. The van der Waals surface area contributed by atoms with Crippen LogP contribution in [0.2, 0.25) is 0 Å². The largest absolute Gasteiger partial charge is 0.0746 e. The fraction of sp³-hybridized carbons (Fsp3) is 0.571. The predicted molar refractivity (Wildman–Crippen MR) is 223 cm³/mol. The highest BCUT2D eigenvalue weighted by Gasteiger charge is 2.29. The van der Waals surface area contributed by atoms with E-state index in [-0.39, 0.29) is 23.8 Å². The Kier molecular flexibility index (Phi) is 20.5. The van der Waals surface area contributed by atoms with Gasteiger partial charge in [0.15, 0.2) is 0 Å². The summed E-state index contributed by atoms with van der Waals surface area (Å²) in [6, 6.07) is 29.7. The molecule has 3 aromatic rings. The average Bonchev–Trinajstić information content (AvgIpc) is 3.10. The van der Waals surface area contributed by atoms with Crippen molar-refractivity contribution in [3.05, 3.63) is 72.8 Å². The fourth-order valence-electron chi connectivity index (χ4n) is 6.30. The third-order valence-corrected chi connectivity index (χ3v) is 20.6. The lowest BCUT2D eigenvalue weighted by atomic mass is 10.3. The van der Waals surface area contributed by atoms with Crippen LogP contribution in [0.3, 0.4) is 0 Å². The van der Waals surface area contributed by atoms with Crippen molar-refractivity contribution in [2.75, 3.05) is 37.0 Å². The Morgan fingerprint density at radius 2 is 0.500 bits per heavy atom. The number of benzene rings is 3. The molecule has 0 N–H and O–H groups in total. The van der Waals surface area contributed by atoms with Crippen LogP contribution in [0.5, 0.6) is 0 Å². The second-order valence-electron chi connectivity index (χ2n) is 12.9. The summed E-state index contributed by atoms with van der Waals surface area (Å²) in [5.74, 6) is 0. The summed E-state index contributed by atoms with van der Waals surface area (Å²) in [4.78, 5) is 0. The van der Waals surface area contributed by atoms with E-state index in [1.807, 2.05) is 0 Å². The SMILES string of the molecule is CCCCP(CCCC)c1ccccc1P(c1ccccc1P(CCCC)CCCC)c1ccccc1P(CCCC)CCCC. The van der Waals surface area contributed by atoms with E-state index >= 15 is 0 Å². The van der Waals surface area contributed by atoms with E-state index in [2.05, 4.69) is 114 Å². The molecular weight excluding hydrogens is 628 g/mol. The van der Waals surface area contributed by atoms with Gasteiger partial charge >= 0.3 is 0 Å². The lowest BCUT2D eigenvalue weighted by Crippen LogP contribution is -2.40. The molecule has 0 saturated heterocycles. The van der Waals surface area contributed by atoms with Gasteiger partial charge in [0, 0.05) is 0 Å². The van der Waals surface area contributed by atoms with Crippen LogP contribution < -0.4 is 31.8 Å². The van der Waals surface area contributed by atoms with E-state index in [4.69, 9.17) is 0 Å². The Balaban J connectivity index is 2.34. The molecule has 0 saturated carbocycles. The molecule has 4 heteroatoms. The molecule has 0 fully saturated rings. The highest BCUT2D eigenvalue weighted by atomic mass is 31.1. The molecule has 0 bridgehead atoms. The maximum absolute atomic E-state index is 2.59. The highest BCUT2D eigenvalue weighted by Crippen LogP contribution is 2.46. The van der Waals surface area contributed by atoms with Crippen LogP contribution in [0.1, 0.15) is 119 Å². The zero-order chi connectivity index (χ0) is 33.0. The minimum Gasteiger partial charge on any atom is -0.0746 e. The molecule has 0 aliphatic heterocycles. The van der Waals surface area contributed by atoms with Crippen LogP contribution >= 0.6 is 31.7 Å². The van der Waals surface area contributed by atoms with Gasteiger partial charge in [-0.1, -0.05) is 177 Å². The van der Waals surface area contributed by atoms with Crippen molar-refractivity contribution >= 4 is 63.5 Å². The Hall–Kier alpha value is -0.620. The lowest BCUT2D eigenvalue weighted by molar-refractivity contribution is 0.871. The van der Waals surface area contributed by atoms with Gasteiger partial charge in [-0.05, 0) is 115 Å². The molecule has 0 nitrogen and oxygen atoms in total. The Morgan fingerprint density at radius 1 is 0.304 bits per heavy atom. The van der Waals surface area contributed by atoms with Gasteiger partial charge in [0.2, 0.25) is 0 Å². The summed E-state index contributed by atoms with van der Waals surface area (Å²) in [5.41, 5.74) is 0. The lowest BCUT2D eigenvalue weighted by Gasteiger charge is -2.32. The van der Waals surface area contributed by atoms with Crippen molar-refractivity contribution in [1.29, 1.82) is 0 Å². The van der Waals surface area contributed by atoms with Gasteiger partial charge in [-0.15, -0.1) is 0 Å². The summed E-state index contributed by atoms with van der Waals surface area (Å²) in [6.07, 6.45) is 24.2. The third kappa shape index (κ3) is 12.1. The maximum atomic E-state index is 2.59. The average molecular weight is 695 g/mol. The number of hydrogen-bond acceptors (Lipinski definition) is 0. The Labute approximate surface area is 290 Å². The van der Waals surface area contributed by atoms with E-state index in [9.17, 15) is 0 Å². The second-order valence-corrected chi connectivity index (χ2v) is 22.4. The molecule has 0 unspecified atom stereocenters. The highest BCUT2D eigenvalue weighted by molar-refractivity contribution is 7.85. The van der Waals surface area contributed by atoms with Crippen molar-refractivity contribution in [3.63, 3.8) is 0 Å². The molecule has 0 spiro atoms. The Morgan fingerprint density at radius 3 is 0.696 bits per heavy atom. The fourth-order valence-corrected chi connectivity index (χ4v) is 19.3. The molecule has 0 heterocycles. The minimum absolute atomic E-state index is 0.162. The predicted octanol–water partition coefficient (Wildman–Crippen LogP) is 11.6. The first-order valence-electron chi connectivity index (χ1n) is 19.0. The first-order valence-corrected chi connectivity index (χ1v) is 25.4. The normalized spacial score (nSPS) is 11.9. The number of unbranched alkanes of at least 4 members (excludes halogenated alkanes) is 6. The van der Waals surface area contributed by atoms with Crippen LogP contribution in [0, 0.1) is 0 Å². The molecule has 0 atom stereocenters. The molecule has 0 aliphatic rings. The van der Waals surface area contributed by atoms with Gasteiger partial charge in [0.25, 0.3) is 0 Å². The van der Waals surface area contributed by atoms with Crippen LogP contribution in [0.4, 0.5) is 0 Å². The molecule has 254 valence electrons. The van der Waals surface area contributed by atoms with Gasteiger partial charge in [0.05, 0.1) is 0 Å². The zero-order valence-corrected chi connectivity index (χ0v) is 34.0. The van der Waals surface area contributed by atoms with Gasteiger partial charge < -0.3 is 0 Å². The first kappa shape index (κ1) is 39.8. The van der Waals surface area contributed by atoms with Gasteiger partial charge in [0.1, 0.15) is 0 Å². The number of hydrogen-bond donors (Lipinski definition) is 0. The van der Waals surface area contributed by atoms with E-state index < -0.39 is 7.92 Å². The van der Waals surface area contributed by atoms with E-state index in [0.29, 0.717) is 0 Å². The summed E-state index contributed by atoms with van der Waals surface area (Å²) < 4.78 is 0. The van der Waals surface area contributed by atoms with Crippen molar-refractivity contribution in [3.8, 4) is 0 Å². The first-order chi connectivity index (χ1) is 22.6. The molecule has 0 aromatic heterocycles. The third-order valence-electron chi connectivity index (χ3n) is 9.08. The quantitative estimate of drug-likeness (QED) is 0.0819. The van der Waals surface area contributed by atoms with Crippen molar-refractivity contribution < 1.29 is 0 Å². The summed E-state index contributed by atoms with van der Waals surface area (Å²) in [7, 11) is -1.13. The molecule has 46 heavy (non-hydrogen) atoms. The van der Waals surface area contributed by atoms with Crippen molar-refractivity contribution in [1.82, 2.24) is 0 Å². The molecule has 0 amide bonds. The molecule has 3 rings (SSSR count). The van der Waals surface area contributed by atoms with Crippen LogP contribution in [-0.4, -0.2) is 37.0 Å². The zero-order valence-electron chi connectivity index (χ0n) is 30.4. The monoisotopic (exact) mass is 694 g/mol. The van der Waals surface area contributed by atoms with Gasteiger partial charge in [-0.3, -0.25) is 0 Å². The van der Waals surface area contributed by atoms with E-state index in [1.165, 1.54) is 114 Å². The summed E-state index contributed by atoms with van der Waals surface area (Å²) >= 11 is 0. The summed E-state index contributed by atoms with van der Waals surface area (Å²) in [6.45, 7) is 14.3. The van der Waals surface area contributed by atoms with Crippen LogP contribution in [0.25, 0.3) is 0 Å².